The largest absolute Gasteiger partial charge is 0.457 e. The topological polar surface area (TPSA) is 47.9 Å². The molecule has 0 radical (unpaired) electrons. The Hall–Kier alpha value is -6.65. The summed E-state index contributed by atoms with van der Waals surface area (Å²) in [5.41, 5.74) is 11.6. The van der Waals surface area contributed by atoms with Crippen molar-refractivity contribution in [1.82, 2.24) is 15.0 Å². The quantitative estimate of drug-likeness (QED) is 0.177. The average molecular weight is 670 g/mol. The van der Waals surface area contributed by atoms with Crippen molar-refractivity contribution in [2.24, 2.45) is 0 Å². The van der Waals surface area contributed by atoms with Gasteiger partial charge in [0.1, 0.15) is 11.5 Å². The molecule has 2 heterocycles. The Kier molecular flexibility index (Phi) is 7.78. The van der Waals surface area contributed by atoms with Gasteiger partial charge < -0.3 is 4.74 Å². The lowest BCUT2D eigenvalue weighted by atomic mass is 9.75. The van der Waals surface area contributed by atoms with Gasteiger partial charge in [0.15, 0.2) is 17.5 Å². The third-order valence-electron chi connectivity index (χ3n) is 9.98. The molecule has 1 aliphatic heterocycles. The fourth-order valence-electron chi connectivity index (χ4n) is 7.24. The number of benzene rings is 7. The van der Waals surface area contributed by atoms with E-state index < -0.39 is 0 Å². The van der Waals surface area contributed by atoms with E-state index in [0.29, 0.717) is 17.5 Å². The smallest absolute Gasteiger partial charge is 0.164 e. The molecule has 1 aromatic heterocycles. The minimum Gasteiger partial charge on any atom is -0.457 e. The van der Waals surface area contributed by atoms with Crippen LogP contribution in [0.5, 0.6) is 11.5 Å². The molecule has 248 valence electrons. The van der Waals surface area contributed by atoms with Crippen LogP contribution in [0, 0.1) is 0 Å². The number of ether oxygens (including phenoxy) is 1. The van der Waals surface area contributed by atoms with Crippen molar-refractivity contribution in [2.75, 3.05) is 0 Å². The van der Waals surface area contributed by atoms with Crippen molar-refractivity contribution in [3.05, 3.63) is 187 Å². The molecule has 0 spiro atoms. The molecule has 0 atom stereocenters. The maximum atomic E-state index is 6.44. The van der Waals surface area contributed by atoms with Gasteiger partial charge in [-0.3, -0.25) is 0 Å². The number of hydrogen-bond donors (Lipinski definition) is 0. The van der Waals surface area contributed by atoms with Crippen LogP contribution in [0.25, 0.3) is 67.5 Å². The fourth-order valence-corrected chi connectivity index (χ4v) is 7.24. The average Bonchev–Trinajstić information content (AvgIpc) is 3.21. The number of aromatic nitrogens is 3. The zero-order valence-corrected chi connectivity index (χ0v) is 29.0. The Morgan fingerprint density at radius 1 is 0.346 bits per heavy atom. The third kappa shape index (κ3) is 5.74. The van der Waals surface area contributed by atoms with Crippen molar-refractivity contribution < 1.29 is 4.74 Å². The van der Waals surface area contributed by atoms with Crippen molar-refractivity contribution in [2.45, 2.75) is 19.3 Å². The van der Waals surface area contributed by atoms with E-state index in [1.165, 1.54) is 5.56 Å². The monoisotopic (exact) mass is 669 g/mol. The van der Waals surface area contributed by atoms with E-state index >= 15 is 0 Å². The van der Waals surface area contributed by atoms with E-state index in [1.807, 2.05) is 66.7 Å². The van der Waals surface area contributed by atoms with Crippen LogP contribution >= 0.6 is 0 Å². The van der Waals surface area contributed by atoms with Crippen molar-refractivity contribution in [1.29, 1.82) is 0 Å². The Balaban J connectivity index is 1.27. The summed E-state index contributed by atoms with van der Waals surface area (Å²) in [5, 5.41) is 0. The highest BCUT2D eigenvalue weighted by molar-refractivity contribution is 5.88. The fraction of sp³-hybridized carbons (Fsp3) is 0.0625. The molecule has 9 rings (SSSR count). The van der Waals surface area contributed by atoms with Gasteiger partial charge in [0, 0.05) is 33.2 Å². The Morgan fingerprint density at radius 3 is 1.44 bits per heavy atom. The second-order valence-electron chi connectivity index (χ2n) is 13.7. The SMILES string of the molecule is CC1(C)c2ccccc2Oc2ccc(-c3cc(-c4nc(-c5ccccc5)nc(-c5ccccc5)n4)cc(-c4ccccc4-c4ccccc4)c3)cc21. The Bertz CT molecular complexity index is 2510. The van der Waals surface area contributed by atoms with E-state index in [-0.39, 0.29) is 5.41 Å². The first-order chi connectivity index (χ1) is 25.5. The molecule has 0 N–H and O–H groups in total. The summed E-state index contributed by atoms with van der Waals surface area (Å²) in [6.07, 6.45) is 0. The number of nitrogens with zero attached hydrogens (tertiary/aromatic N) is 3. The van der Waals surface area contributed by atoms with Crippen molar-refractivity contribution >= 4 is 0 Å². The molecule has 7 aromatic carbocycles. The third-order valence-corrected chi connectivity index (χ3v) is 9.98. The number of fused-ring (bicyclic) bond motifs is 2. The molecule has 4 heteroatoms. The molecular formula is C48H35N3O. The van der Waals surface area contributed by atoms with Gasteiger partial charge in [-0.05, 0) is 69.8 Å². The number of para-hydroxylation sites is 1. The lowest BCUT2D eigenvalue weighted by molar-refractivity contribution is 0.418. The molecule has 0 unspecified atom stereocenters. The first kappa shape index (κ1) is 31.3. The highest BCUT2D eigenvalue weighted by Crippen LogP contribution is 2.49. The molecule has 0 saturated heterocycles. The first-order valence-corrected chi connectivity index (χ1v) is 17.6. The van der Waals surface area contributed by atoms with Gasteiger partial charge in [-0.2, -0.15) is 0 Å². The van der Waals surface area contributed by atoms with Crippen LogP contribution in [0.1, 0.15) is 25.0 Å². The van der Waals surface area contributed by atoms with Crippen molar-refractivity contribution in [3.8, 4) is 79.0 Å². The van der Waals surface area contributed by atoms with Crippen LogP contribution in [-0.4, -0.2) is 15.0 Å². The minimum atomic E-state index is -0.246. The summed E-state index contributed by atoms with van der Waals surface area (Å²) >= 11 is 0. The van der Waals surface area contributed by atoms with Crippen LogP contribution < -0.4 is 4.74 Å². The van der Waals surface area contributed by atoms with Crippen LogP contribution in [0.15, 0.2) is 176 Å². The summed E-state index contributed by atoms with van der Waals surface area (Å²) in [6.45, 7) is 4.55. The molecular weight excluding hydrogens is 635 g/mol. The predicted octanol–water partition coefficient (Wildman–Crippen LogP) is 12.3. The van der Waals surface area contributed by atoms with E-state index in [0.717, 1.165) is 67.1 Å². The van der Waals surface area contributed by atoms with Crippen LogP contribution in [0.3, 0.4) is 0 Å². The first-order valence-electron chi connectivity index (χ1n) is 17.6. The van der Waals surface area contributed by atoms with Gasteiger partial charge in [-0.1, -0.05) is 153 Å². The van der Waals surface area contributed by atoms with E-state index in [4.69, 9.17) is 19.7 Å². The normalized spacial score (nSPS) is 12.7. The zero-order chi connectivity index (χ0) is 35.1. The lowest BCUT2D eigenvalue weighted by Crippen LogP contribution is -2.24. The van der Waals surface area contributed by atoms with Gasteiger partial charge in [0.05, 0.1) is 0 Å². The summed E-state index contributed by atoms with van der Waals surface area (Å²) < 4.78 is 6.44. The number of rotatable bonds is 6. The molecule has 0 fully saturated rings. The minimum absolute atomic E-state index is 0.246. The van der Waals surface area contributed by atoms with E-state index in [1.54, 1.807) is 0 Å². The number of hydrogen-bond acceptors (Lipinski definition) is 4. The summed E-state index contributed by atoms with van der Waals surface area (Å²) in [7, 11) is 0. The van der Waals surface area contributed by atoms with E-state index in [2.05, 4.69) is 123 Å². The molecule has 4 nitrogen and oxygen atoms in total. The zero-order valence-electron chi connectivity index (χ0n) is 29.0. The van der Waals surface area contributed by atoms with Gasteiger partial charge in [0.25, 0.3) is 0 Å². The Labute approximate surface area is 304 Å². The molecule has 52 heavy (non-hydrogen) atoms. The van der Waals surface area contributed by atoms with Crippen LogP contribution in [0.4, 0.5) is 0 Å². The molecule has 0 amide bonds. The standard InChI is InChI=1S/C48H35N3O/c1-48(2)41-24-14-15-25-43(41)52-44-27-26-35(31-42(44)48)36-28-37(40-23-13-12-22-39(40)32-16-6-3-7-17-32)30-38(29-36)47-50-45(33-18-8-4-9-19-33)49-46(51-47)34-20-10-5-11-21-34/h3-31H,1-2H3. The van der Waals surface area contributed by atoms with Gasteiger partial charge in [0.2, 0.25) is 0 Å². The van der Waals surface area contributed by atoms with Gasteiger partial charge >= 0.3 is 0 Å². The summed E-state index contributed by atoms with van der Waals surface area (Å²) in [6, 6.07) is 61.0. The molecule has 1 aliphatic rings. The molecule has 0 saturated carbocycles. The van der Waals surface area contributed by atoms with Crippen molar-refractivity contribution in [3.63, 3.8) is 0 Å². The second-order valence-corrected chi connectivity index (χ2v) is 13.7. The molecule has 0 bridgehead atoms. The maximum Gasteiger partial charge on any atom is 0.164 e. The van der Waals surface area contributed by atoms with Gasteiger partial charge in [-0.25, -0.2) is 15.0 Å². The Morgan fingerprint density at radius 2 is 0.808 bits per heavy atom. The summed E-state index contributed by atoms with van der Waals surface area (Å²) in [4.78, 5) is 15.2. The second kappa shape index (κ2) is 12.9. The van der Waals surface area contributed by atoms with Gasteiger partial charge in [-0.15, -0.1) is 0 Å². The predicted molar refractivity (Wildman–Crippen MR) is 211 cm³/mol. The molecule has 8 aromatic rings. The maximum absolute atomic E-state index is 6.44. The highest BCUT2D eigenvalue weighted by Gasteiger charge is 2.34. The highest BCUT2D eigenvalue weighted by atomic mass is 16.5. The lowest BCUT2D eigenvalue weighted by Gasteiger charge is -2.34. The van der Waals surface area contributed by atoms with Crippen LogP contribution in [-0.2, 0) is 5.41 Å². The van der Waals surface area contributed by atoms with Crippen LogP contribution in [0.2, 0.25) is 0 Å². The van der Waals surface area contributed by atoms with E-state index in [9.17, 15) is 0 Å². The summed E-state index contributed by atoms with van der Waals surface area (Å²) in [5.74, 6) is 3.67. The molecule has 0 aliphatic carbocycles.